The van der Waals surface area contributed by atoms with Crippen LogP contribution in [0.3, 0.4) is 0 Å². The molecule has 18 heavy (non-hydrogen) atoms. The number of nitriles is 1. The number of benzene rings is 1. The number of halogens is 2. The topological polar surface area (TPSA) is 45.8 Å². The lowest BCUT2D eigenvalue weighted by molar-refractivity contribution is 0.622. The van der Waals surface area contributed by atoms with Crippen molar-refractivity contribution in [3.8, 4) is 6.07 Å². The summed E-state index contributed by atoms with van der Waals surface area (Å²) in [5.74, 6) is -0.480. The highest BCUT2D eigenvalue weighted by atomic mass is 79.9. The van der Waals surface area contributed by atoms with Crippen LogP contribution in [-0.2, 0) is 6.54 Å². The van der Waals surface area contributed by atoms with E-state index in [9.17, 15) is 9.18 Å². The first-order chi connectivity index (χ1) is 8.58. The fourth-order valence-corrected chi connectivity index (χ4v) is 2.01. The Morgan fingerprint density at radius 2 is 2.11 bits per heavy atom. The van der Waals surface area contributed by atoms with Gasteiger partial charge < -0.3 is 4.57 Å². The molecule has 3 nitrogen and oxygen atoms in total. The number of rotatable bonds is 2. The van der Waals surface area contributed by atoms with Crippen molar-refractivity contribution >= 4 is 15.9 Å². The third-order valence-electron chi connectivity index (χ3n) is 2.39. The second-order valence-electron chi connectivity index (χ2n) is 3.77. The highest BCUT2D eigenvalue weighted by Gasteiger charge is 2.03. The molecular weight excluding hydrogens is 299 g/mol. The van der Waals surface area contributed by atoms with Gasteiger partial charge in [-0.25, -0.2) is 4.39 Å². The van der Waals surface area contributed by atoms with Crippen LogP contribution in [0.5, 0.6) is 0 Å². The molecular formula is C13H8BrFN2O. The molecule has 0 radical (unpaired) electrons. The summed E-state index contributed by atoms with van der Waals surface area (Å²) in [6.45, 7) is 0.227. The SMILES string of the molecule is N#Cc1cc(F)cc(Cn2cc(Br)ccc2=O)c1. The Hall–Kier alpha value is -1.93. The van der Waals surface area contributed by atoms with Crippen molar-refractivity contribution in [2.45, 2.75) is 6.54 Å². The Bertz CT molecular complexity index is 688. The molecule has 2 rings (SSSR count). The first kappa shape index (κ1) is 12.5. The third-order valence-corrected chi connectivity index (χ3v) is 2.86. The second kappa shape index (κ2) is 5.15. The average molecular weight is 307 g/mol. The summed E-state index contributed by atoms with van der Waals surface area (Å²) in [4.78, 5) is 11.6. The molecule has 0 bridgehead atoms. The maximum absolute atomic E-state index is 13.2. The zero-order valence-corrected chi connectivity index (χ0v) is 10.8. The molecule has 0 spiro atoms. The fourth-order valence-electron chi connectivity index (χ4n) is 1.63. The molecule has 0 N–H and O–H groups in total. The molecule has 0 fully saturated rings. The van der Waals surface area contributed by atoms with Gasteiger partial charge in [0.1, 0.15) is 5.82 Å². The van der Waals surface area contributed by atoms with E-state index in [1.54, 1.807) is 18.3 Å². The number of hydrogen-bond donors (Lipinski definition) is 0. The molecule has 0 saturated carbocycles. The van der Waals surface area contributed by atoms with E-state index in [1.165, 1.54) is 16.7 Å². The van der Waals surface area contributed by atoms with E-state index in [2.05, 4.69) is 15.9 Å². The number of pyridine rings is 1. The molecule has 0 saturated heterocycles. The van der Waals surface area contributed by atoms with Crippen molar-refractivity contribution in [2.24, 2.45) is 0 Å². The monoisotopic (exact) mass is 306 g/mol. The highest BCUT2D eigenvalue weighted by Crippen LogP contribution is 2.11. The van der Waals surface area contributed by atoms with E-state index in [0.717, 1.165) is 10.5 Å². The summed E-state index contributed by atoms with van der Waals surface area (Å²) in [7, 11) is 0. The molecule has 5 heteroatoms. The predicted molar refractivity (Wildman–Crippen MR) is 68.6 cm³/mol. The molecule has 1 aromatic carbocycles. The van der Waals surface area contributed by atoms with Crippen LogP contribution in [0.1, 0.15) is 11.1 Å². The second-order valence-corrected chi connectivity index (χ2v) is 4.69. The van der Waals surface area contributed by atoms with E-state index < -0.39 is 5.82 Å². The first-order valence-corrected chi connectivity index (χ1v) is 5.93. The Morgan fingerprint density at radius 1 is 1.33 bits per heavy atom. The minimum atomic E-state index is -0.480. The largest absolute Gasteiger partial charge is 0.310 e. The Kier molecular flexibility index (Phi) is 3.58. The molecule has 0 atom stereocenters. The van der Waals surface area contributed by atoms with Gasteiger partial charge in [0.2, 0.25) is 0 Å². The summed E-state index contributed by atoms with van der Waals surface area (Å²) in [6, 6.07) is 8.99. The first-order valence-electron chi connectivity index (χ1n) is 5.14. The summed E-state index contributed by atoms with van der Waals surface area (Å²) in [5.41, 5.74) is 0.640. The molecule has 1 aromatic heterocycles. The van der Waals surface area contributed by atoms with Crippen LogP contribution in [0, 0.1) is 17.1 Å². The van der Waals surface area contributed by atoms with E-state index >= 15 is 0 Å². The van der Waals surface area contributed by atoms with Crippen LogP contribution in [-0.4, -0.2) is 4.57 Å². The maximum atomic E-state index is 13.2. The van der Waals surface area contributed by atoms with Gasteiger partial charge in [0, 0.05) is 16.7 Å². The molecule has 90 valence electrons. The van der Waals surface area contributed by atoms with Gasteiger partial charge in [0.15, 0.2) is 0 Å². The van der Waals surface area contributed by atoms with Crippen molar-refractivity contribution in [3.05, 3.63) is 68.3 Å². The summed E-state index contributed by atoms with van der Waals surface area (Å²) < 4.78 is 15.5. The van der Waals surface area contributed by atoms with Crippen LogP contribution in [0.25, 0.3) is 0 Å². The van der Waals surface area contributed by atoms with E-state index in [4.69, 9.17) is 5.26 Å². The Balaban J connectivity index is 2.40. The molecule has 0 aliphatic rings. The van der Waals surface area contributed by atoms with Crippen molar-refractivity contribution in [1.82, 2.24) is 4.57 Å². The smallest absolute Gasteiger partial charge is 0.250 e. The minimum Gasteiger partial charge on any atom is -0.310 e. The number of aromatic nitrogens is 1. The van der Waals surface area contributed by atoms with Crippen LogP contribution in [0.15, 0.2) is 45.8 Å². The van der Waals surface area contributed by atoms with E-state index in [1.807, 2.05) is 6.07 Å². The lowest BCUT2D eigenvalue weighted by Gasteiger charge is -2.06. The standard InChI is InChI=1S/C13H8BrFN2O/c14-11-1-2-13(18)17(8-11)7-10-3-9(6-16)4-12(15)5-10/h1-5,8H,7H2. The molecule has 0 aliphatic carbocycles. The fraction of sp³-hybridized carbons (Fsp3) is 0.0769. The maximum Gasteiger partial charge on any atom is 0.250 e. The van der Waals surface area contributed by atoms with Crippen LogP contribution in [0.4, 0.5) is 4.39 Å². The normalized spacial score (nSPS) is 10.1. The summed E-state index contributed by atoms with van der Waals surface area (Å²) in [6.07, 6.45) is 1.62. The van der Waals surface area contributed by atoms with Crippen molar-refractivity contribution in [1.29, 1.82) is 5.26 Å². The predicted octanol–water partition coefficient (Wildman–Crippen LogP) is 2.67. The van der Waals surface area contributed by atoms with Gasteiger partial charge in [-0.05, 0) is 45.8 Å². The minimum absolute atomic E-state index is 0.180. The molecule has 0 aliphatic heterocycles. The van der Waals surface area contributed by atoms with Gasteiger partial charge in [-0.3, -0.25) is 4.79 Å². The molecule has 2 aromatic rings. The average Bonchev–Trinajstić information content (AvgIpc) is 2.33. The molecule has 1 heterocycles. The molecule has 0 amide bonds. The third kappa shape index (κ3) is 2.84. The van der Waals surface area contributed by atoms with Crippen LogP contribution in [0.2, 0.25) is 0 Å². The number of hydrogen-bond acceptors (Lipinski definition) is 2. The Morgan fingerprint density at radius 3 is 2.83 bits per heavy atom. The van der Waals surface area contributed by atoms with Gasteiger partial charge in [-0.15, -0.1) is 0 Å². The Labute approximate surface area is 111 Å². The van der Waals surface area contributed by atoms with Gasteiger partial charge in [-0.2, -0.15) is 5.26 Å². The zero-order valence-electron chi connectivity index (χ0n) is 9.23. The van der Waals surface area contributed by atoms with Crippen LogP contribution < -0.4 is 5.56 Å². The quantitative estimate of drug-likeness (QED) is 0.856. The number of nitrogens with zero attached hydrogens (tertiary/aromatic N) is 2. The van der Waals surface area contributed by atoms with Gasteiger partial charge in [-0.1, -0.05) is 0 Å². The van der Waals surface area contributed by atoms with Crippen molar-refractivity contribution < 1.29 is 4.39 Å². The van der Waals surface area contributed by atoms with E-state index in [0.29, 0.717) is 5.56 Å². The summed E-state index contributed by atoms with van der Waals surface area (Å²) >= 11 is 3.27. The van der Waals surface area contributed by atoms with Gasteiger partial charge in [0.25, 0.3) is 5.56 Å². The van der Waals surface area contributed by atoms with Crippen molar-refractivity contribution in [2.75, 3.05) is 0 Å². The van der Waals surface area contributed by atoms with E-state index in [-0.39, 0.29) is 17.7 Å². The lowest BCUT2D eigenvalue weighted by Crippen LogP contribution is -2.18. The molecule has 0 unspecified atom stereocenters. The van der Waals surface area contributed by atoms with Crippen LogP contribution >= 0.6 is 15.9 Å². The summed E-state index contributed by atoms with van der Waals surface area (Å²) in [5, 5.41) is 8.76. The lowest BCUT2D eigenvalue weighted by atomic mass is 10.1. The van der Waals surface area contributed by atoms with Gasteiger partial charge in [0.05, 0.1) is 18.2 Å². The zero-order chi connectivity index (χ0) is 13.1. The highest BCUT2D eigenvalue weighted by molar-refractivity contribution is 9.10. The van der Waals surface area contributed by atoms with Crippen molar-refractivity contribution in [3.63, 3.8) is 0 Å². The van der Waals surface area contributed by atoms with Gasteiger partial charge >= 0.3 is 0 Å².